The molecule has 0 aliphatic carbocycles. The quantitative estimate of drug-likeness (QED) is 0.509. The lowest BCUT2D eigenvalue weighted by atomic mass is 10.0. The number of aromatic nitrogens is 1. The van der Waals surface area contributed by atoms with E-state index in [0.29, 0.717) is 22.5 Å². The SMILES string of the molecule is Nc1cccc(C(=O)c2[nH]c3ccccc3c2CC(=O)O)c1. The van der Waals surface area contributed by atoms with Crippen LogP contribution < -0.4 is 5.73 Å². The first-order chi connectivity index (χ1) is 10.6. The van der Waals surface area contributed by atoms with E-state index in [1.54, 1.807) is 30.3 Å². The number of carbonyl (C=O) groups is 2. The van der Waals surface area contributed by atoms with E-state index in [9.17, 15) is 9.59 Å². The number of aromatic amines is 1. The number of fused-ring (bicyclic) bond motifs is 1. The topological polar surface area (TPSA) is 96.2 Å². The van der Waals surface area contributed by atoms with Crippen LogP contribution in [0.1, 0.15) is 21.6 Å². The first kappa shape index (κ1) is 13.9. The van der Waals surface area contributed by atoms with Crippen LogP contribution in [0.5, 0.6) is 0 Å². The molecule has 0 bridgehead atoms. The van der Waals surface area contributed by atoms with E-state index >= 15 is 0 Å². The second-order valence-electron chi connectivity index (χ2n) is 5.05. The molecule has 0 unspecified atom stereocenters. The molecule has 0 spiro atoms. The molecule has 2 aromatic carbocycles. The van der Waals surface area contributed by atoms with Crippen molar-refractivity contribution in [3.05, 3.63) is 65.4 Å². The monoisotopic (exact) mass is 294 g/mol. The number of nitrogens with one attached hydrogen (secondary N) is 1. The average Bonchev–Trinajstić information content (AvgIpc) is 2.85. The minimum absolute atomic E-state index is 0.215. The van der Waals surface area contributed by atoms with Gasteiger partial charge in [-0.15, -0.1) is 0 Å². The number of hydrogen-bond donors (Lipinski definition) is 3. The molecule has 0 radical (unpaired) electrons. The number of rotatable bonds is 4. The van der Waals surface area contributed by atoms with Crippen molar-refractivity contribution in [2.45, 2.75) is 6.42 Å². The molecule has 110 valence electrons. The highest BCUT2D eigenvalue weighted by atomic mass is 16.4. The van der Waals surface area contributed by atoms with Crippen molar-refractivity contribution in [3.63, 3.8) is 0 Å². The highest BCUT2D eigenvalue weighted by molar-refractivity contribution is 6.12. The fourth-order valence-electron chi connectivity index (χ4n) is 2.55. The Kier molecular flexibility index (Phi) is 3.39. The van der Waals surface area contributed by atoms with Gasteiger partial charge in [0.05, 0.1) is 12.1 Å². The highest BCUT2D eigenvalue weighted by Crippen LogP contribution is 2.25. The molecule has 5 heteroatoms. The second kappa shape index (κ2) is 5.37. The molecule has 0 atom stereocenters. The Bertz CT molecular complexity index is 880. The average molecular weight is 294 g/mol. The fraction of sp³-hybridized carbons (Fsp3) is 0.0588. The number of H-pyrrole nitrogens is 1. The van der Waals surface area contributed by atoms with Crippen molar-refractivity contribution in [3.8, 4) is 0 Å². The summed E-state index contributed by atoms with van der Waals surface area (Å²) in [5.41, 5.74) is 8.17. The van der Waals surface area contributed by atoms with Crippen LogP contribution in [0.25, 0.3) is 10.9 Å². The molecular formula is C17H14N2O3. The lowest BCUT2D eigenvalue weighted by Crippen LogP contribution is -2.09. The van der Waals surface area contributed by atoms with Gasteiger partial charge in [-0.3, -0.25) is 9.59 Å². The first-order valence-corrected chi connectivity index (χ1v) is 6.78. The Morgan fingerprint density at radius 3 is 2.59 bits per heavy atom. The van der Waals surface area contributed by atoms with Gasteiger partial charge in [-0.05, 0) is 18.2 Å². The van der Waals surface area contributed by atoms with E-state index in [1.807, 2.05) is 18.2 Å². The summed E-state index contributed by atoms with van der Waals surface area (Å²) in [5, 5.41) is 9.87. The summed E-state index contributed by atoms with van der Waals surface area (Å²) in [6.07, 6.45) is -0.215. The summed E-state index contributed by atoms with van der Waals surface area (Å²) in [5.74, 6) is -1.24. The molecule has 1 heterocycles. The standard InChI is InChI=1S/C17H14N2O3/c18-11-5-3-4-10(8-11)17(22)16-13(9-15(20)21)12-6-1-2-7-14(12)19-16/h1-8,19H,9,18H2,(H,20,21). The minimum Gasteiger partial charge on any atom is -0.481 e. The predicted octanol–water partition coefficient (Wildman–Crippen LogP) is 2.61. The summed E-state index contributed by atoms with van der Waals surface area (Å²) < 4.78 is 0. The van der Waals surface area contributed by atoms with Crippen LogP contribution in [0.4, 0.5) is 5.69 Å². The summed E-state index contributed by atoms with van der Waals surface area (Å²) in [4.78, 5) is 26.9. The van der Waals surface area contributed by atoms with Crippen LogP contribution in [-0.4, -0.2) is 21.8 Å². The number of aliphatic carboxylic acids is 1. The van der Waals surface area contributed by atoms with E-state index in [1.165, 1.54) is 0 Å². The Balaban J connectivity index is 2.17. The van der Waals surface area contributed by atoms with Gasteiger partial charge in [0.2, 0.25) is 5.78 Å². The first-order valence-electron chi connectivity index (χ1n) is 6.78. The molecule has 3 aromatic rings. The third-order valence-corrected chi connectivity index (χ3v) is 3.52. The zero-order chi connectivity index (χ0) is 15.7. The van der Waals surface area contributed by atoms with Crippen molar-refractivity contribution in [2.24, 2.45) is 0 Å². The van der Waals surface area contributed by atoms with Crippen LogP contribution in [0.2, 0.25) is 0 Å². The number of nitrogens with two attached hydrogens (primary N) is 1. The van der Waals surface area contributed by atoms with Gasteiger partial charge >= 0.3 is 5.97 Å². The number of hydrogen-bond acceptors (Lipinski definition) is 3. The van der Waals surface area contributed by atoms with Crippen molar-refractivity contribution >= 4 is 28.3 Å². The summed E-state index contributed by atoms with van der Waals surface area (Å²) in [6, 6.07) is 13.9. The van der Waals surface area contributed by atoms with Gasteiger partial charge in [0.15, 0.2) is 0 Å². The molecule has 0 amide bonds. The molecule has 1 aromatic heterocycles. The number of carbonyl (C=O) groups excluding carboxylic acids is 1. The van der Waals surface area contributed by atoms with Crippen molar-refractivity contribution in [1.29, 1.82) is 0 Å². The van der Waals surface area contributed by atoms with Crippen molar-refractivity contribution in [2.75, 3.05) is 5.73 Å². The molecular weight excluding hydrogens is 280 g/mol. The maximum Gasteiger partial charge on any atom is 0.307 e. The van der Waals surface area contributed by atoms with Crippen LogP contribution in [0, 0.1) is 0 Å². The lowest BCUT2D eigenvalue weighted by molar-refractivity contribution is -0.136. The van der Waals surface area contributed by atoms with Gasteiger partial charge in [-0.2, -0.15) is 0 Å². The highest BCUT2D eigenvalue weighted by Gasteiger charge is 2.20. The number of anilines is 1. The molecule has 4 N–H and O–H groups in total. The van der Waals surface area contributed by atoms with E-state index in [0.717, 1.165) is 10.9 Å². The zero-order valence-electron chi connectivity index (χ0n) is 11.7. The van der Waals surface area contributed by atoms with E-state index in [2.05, 4.69) is 4.98 Å². The maximum atomic E-state index is 12.7. The summed E-state index contributed by atoms with van der Waals surface area (Å²) in [6.45, 7) is 0. The van der Waals surface area contributed by atoms with Crippen LogP contribution in [0.3, 0.4) is 0 Å². The molecule has 3 rings (SSSR count). The predicted molar refractivity (Wildman–Crippen MR) is 83.9 cm³/mol. The van der Waals surface area contributed by atoms with Gasteiger partial charge in [0.1, 0.15) is 0 Å². The Morgan fingerprint density at radius 1 is 1.09 bits per heavy atom. The van der Waals surface area contributed by atoms with Crippen molar-refractivity contribution < 1.29 is 14.7 Å². The van der Waals surface area contributed by atoms with Gasteiger partial charge in [-0.25, -0.2) is 0 Å². The molecule has 0 aliphatic rings. The van der Waals surface area contributed by atoms with Crippen LogP contribution >= 0.6 is 0 Å². The van der Waals surface area contributed by atoms with Crippen LogP contribution in [0.15, 0.2) is 48.5 Å². The Morgan fingerprint density at radius 2 is 1.86 bits per heavy atom. The number of benzene rings is 2. The van der Waals surface area contributed by atoms with E-state index in [4.69, 9.17) is 10.8 Å². The largest absolute Gasteiger partial charge is 0.481 e. The lowest BCUT2D eigenvalue weighted by Gasteiger charge is -2.03. The number of carboxylic acid groups (broad SMARTS) is 1. The maximum absolute atomic E-state index is 12.7. The van der Waals surface area contributed by atoms with E-state index < -0.39 is 5.97 Å². The van der Waals surface area contributed by atoms with Gasteiger partial charge in [0.25, 0.3) is 0 Å². The second-order valence-corrected chi connectivity index (χ2v) is 5.05. The third-order valence-electron chi connectivity index (χ3n) is 3.52. The number of ketones is 1. The summed E-state index contributed by atoms with van der Waals surface area (Å²) in [7, 11) is 0. The summed E-state index contributed by atoms with van der Waals surface area (Å²) >= 11 is 0. The molecule has 0 fully saturated rings. The van der Waals surface area contributed by atoms with Gasteiger partial charge < -0.3 is 15.8 Å². The Labute approximate surface area is 126 Å². The number of nitrogen functional groups attached to an aromatic ring is 1. The third kappa shape index (κ3) is 2.44. The smallest absolute Gasteiger partial charge is 0.307 e. The van der Waals surface area contributed by atoms with Crippen LogP contribution in [-0.2, 0) is 11.2 Å². The molecule has 0 saturated carbocycles. The number of carboxylic acids is 1. The molecule has 0 aliphatic heterocycles. The van der Waals surface area contributed by atoms with Gasteiger partial charge in [-0.1, -0.05) is 30.3 Å². The molecule has 22 heavy (non-hydrogen) atoms. The van der Waals surface area contributed by atoms with E-state index in [-0.39, 0.29) is 12.2 Å². The fourth-order valence-corrected chi connectivity index (χ4v) is 2.55. The molecule has 5 nitrogen and oxygen atoms in total. The number of para-hydroxylation sites is 1. The molecule has 0 saturated heterocycles. The van der Waals surface area contributed by atoms with Gasteiger partial charge in [0, 0.05) is 27.7 Å². The zero-order valence-corrected chi connectivity index (χ0v) is 11.7. The minimum atomic E-state index is -0.980. The normalized spacial score (nSPS) is 10.7. The van der Waals surface area contributed by atoms with Crippen molar-refractivity contribution in [1.82, 2.24) is 4.98 Å². The Hall–Kier alpha value is -3.08.